The van der Waals surface area contributed by atoms with Crippen LogP contribution in [0.2, 0.25) is 0 Å². The summed E-state index contributed by atoms with van der Waals surface area (Å²) in [5, 5.41) is 10.6. The lowest BCUT2D eigenvalue weighted by atomic mass is 9.99. The predicted octanol–water partition coefficient (Wildman–Crippen LogP) is 21.7. The van der Waals surface area contributed by atoms with Gasteiger partial charge in [0.15, 0.2) is 12.2 Å². The zero-order valence-corrected chi connectivity index (χ0v) is 62.2. The van der Waals surface area contributed by atoms with E-state index < -0.39 is 97.5 Å². The molecule has 0 aliphatic carbocycles. The van der Waals surface area contributed by atoms with E-state index in [1.165, 1.54) is 199 Å². The van der Waals surface area contributed by atoms with E-state index in [2.05, 4.69) is 34.6 Å². The lowest BCUT2D eigenvalue weighted by molar-refractivity contribution is -0.161. The first-order valence-corrected chi connectivity index (χ1v) is 41.7. The van der Waals surface area contributed by atoms with Gasteiger partial charge in [0.1, 0.15) is 19.3 Å². The summed E-state index contributed by atoms with van der Waals surface area (Å²) in [5.74, 6) is -1.31. The lowest BCUT2D eigenvalue weighted by Crippen LogP contribution is -2.30. The summed E-state index contributed by atoms with van der Waals surface area (Å²) >= 11 is 0. The molecule has 0 rings (SSSR count). The first-order chi connectivity index (χ1) is 45.1. The molecule has 0 aromatic heterocycles. The molecule has 0 aliphatic rings. The smallest absolute Gasteiger partial charge is 0.462 e. The minimum Gasteiger partial charge on any atom is -0.462 e. The normalized spacial score (nSPS) is 14.3. The summed E-state index contributed by atoms with van der Waals surface area (Å²) in [6.07, 6.45) is 55.5. The van der Waals surface area contributed by atoms with Crippen molar-refractivity contribution < 1.29 is 80.2 Å². The van der Waals surface area contributed by atoms with E-state index in [-0.39, 0.29) is 25.7 Å². The second kappa shape index (κ2) is 67.3. The molecule has 17 nitrogen and oxygen atoms in total. The van der Waals surface area contributed by atoms with Crippen LogP contribution < -0.4 is 0 Å². The fourth-order valence-corrected chi connectivity index (χ4v) is 12.9. The van der Waals surface area contributed by atoms with Crippen LogP contribution in [0.5, 0.6) is 0 Å². The summed E-state index contributed by atoms with van der Waals surface area (Å²) in [7, 11) is -9.90. The van der Waals surface area contributed by atoms with Crippen molar-refractivity contribution >= 4 is 39.5 Å². The van der Waals surface area contributed by atoms with Gasteiger partial charge in [-0.25, -0.2) is 9.13 Å². The number of phosphoric acid groups is 2. The van der Waals surface area contributed by atoms with Crippen LogP contribution >= 0.6 is 15.6 Å². The number of hydrogen-bond donors (Lipinski definition) is 3. The highest BCUT2D eigenvalue weighted by Crippen LogP contribution is 2.45. The van der Waals surface area contributed by atoms with Crippen LogP contribution in [0.25, 0.3) is 0 Å². The molecule has 6 atom stereocenters. The fourth-order valence-electron chi connectivity index (χ4n) is 11.3. The molecule has 0 aliphatic heterocycles. The van der Waals surface area contributed by atoms with Crippen molar-refractivity contribution in [2.24, 2.45) is 5.92 Å². The lowest BCUT2D eigenvalue weighted by Gasteiger charge is -2.21. The van der Waals surface area contributed by atoms with Crippen LogP contribution in [-0.2, 0) is 65.4 Å². The summed E-state index contributed by atoms with van der Waals surface area (Å²) in [5.41, 5.74) is 0. The molecule has 0 aromatic rings. The quantitative estimate of drug-likeness (QED) is 0.0222. The van der Waals surface area contributed by atoms with E-state index >= 15 is 0 Å². The Labute approximate surface area is 568 Å². The Bertz CT molecular complexity index is 1790. The molecule has 3 N–H and O–H groups in total. The van der Waals surface area contributed by atoms with Crippen LogP contribution in [0.1, 0.15) is 388 Å². The maximum Gasteiger partial charge on any atom is 0.472 e. The molecule has 552 valence electrons. The summed E-state index contributed by atoms with van der Waals surface area (Å²) < 4.78 is 68.4. The van der Waals surface area contributed by atoms with Crippen LogP contribution in [0, 0.1) is 5.92 Å². The number of phosphoric ester groups is 2. The van der Waals surface area contributed by atoms with Gasteiger partial charge >= 0.3 is 39.5 Å². The van der Waals surface area contributed by atoms with E-state index in [4.69, 9.17) is 37.0 Å². The van der Waals surface area contributed by atoms with Gasteiger partial charge < -0.3 is 33.8 Å². The molecular weight excluding hydrogens is 1220 g/mol. The SMILES string of the molecule is CCCCCCCCCCCCCCCCCCCCC(=O)O[C@H](COC(=O)CCCCCCCCCCCCC(C)CC)COP(=O)(O)OC[C@@H](O)COP(=O)(O)OC[C@@H](COC(=O)CCCCCCCCC)OC(=O)CCCCCCCCCCCCCCCC. The highest BCUT2D eigenvalue weighted by molar-refractivity contribution is 7.47. The minimum absolute atomic E-state index is 0.108. The van der Waals surface area contributed by atoms with Crippen molar-refractivity contribution in [1.29, 1.82) is 0 Å². The number of rotatable bonds is 74. The van der Waals surface area contributed by atoms with E-state index in [0.717, 1.165) is 109 Å². The Morgan fingerprint density at radius 1 is 0.301 bits per heavy atom. The fraction of sp³-hybridized carbons (Fsp3) is 0.946. The largest absolute Gasteiger partial charge is 0.472 e. The number of aliphatic hydroxyl groups excluding tert-OH is 1. The zero-order valence-electron chi connectivity index (χ0n) is 60.4. The Morgan fingerprint density at radius 2 is 0.516 bits per heavy atom. The highest BCUT2D eigenvalue weighted by Gasteiger charge is 2.30. The second-order valence-electron chi connectivity index (χ2n) is 26.9. The van der Waals surface area contributed by atoms with Crippen LogP contribution in [0.15, 0.2) is 0 Å². The Balaban J connectivity index is 5.20. The maximum absolute atomic E-state index is 13.1. The van der Waals surface area contributed by atoms with Crippen LogP contribution in [0.4, 0.5) is 0 Å². The van der Waals surface area contributed by atoms with E-state index in [1.54, 1.807) is 0 Å². The first kappa shape index (κ1) is 91.1. The van der Waals surface area contributed by atoms with Gasteiger partial charge in [0.05, 0.1) is 26.4 Å². The monoisotopic (exact) mass is 1370 g/mol. The van der Waals surface area contributed by atoms with Gasteiger partial charge in [-0.3, -0.25) is 37.3 Å². The topological polar surface area (TPSA) is 237 Å². The molecule has 0 amide bonds. The van der Waals surface area contributed by atoms with Crippen molar-refractivity contribution in [2.75, 3.05) is 39.6 Å². The highest BCUT2D eigenvalue weighted by atomic mass is 31.2. The zero-order chi connectivity index (χ0) is 68.4. The molecule has 0 bridgehead atoms. The molecule has 0 heterocycles. The molecule has 3 unspecified atom stereocenters. The molecule has 0 saturated carbocycles. The number of carbonyl (C=O) groups is 4. The van der Waals surface area contributed by atoms with Crippen molar-refractivity contribution in [2.45, 2.75) is 406 Å². The number of aliphatic hydroxyl groups is 1. The summed E-state index contributed by atoms with van der Waals surface area (Å²) in [4.78, 5) is 72.6. The van der Waals surface area contributed by atoms with Gasteiger partial charge in [-0.05, 0) is 31.6 Å². The van der Waals surface area contributed by atoms with Gasteiger partial charge in [-0.2, -0.15) is 0 Å². The van der Waals surface area contributed by atoms with Gasteiger partial charge in [0, 0.05) is 25.7 Å². The van der Waals surface area contributed by atoms with Crippen molar-refractivity contribution in [3.05, 3.63) is 0 Å². The average Bonchev–Trinajstić information content (AvgIpc) is 3.28. The Morgan fingerprint density at radius 3 is 0.763 bits per heavy atom. The van der Waals surface area contributed by atoms with Gasteiger partial charge in [0.25, 0.3) is 0 Å². The van der Waals surface area contributed by atoms with Crippen molar-refractivity contribution in [3.63, 3.8) is 0 Å². The van der Waals surface area contributed by atoms with Gasteiger partial charge in [0.2, 0.25) is 0 Å². The number of hydrogen-bond acceptors (Lipinski definition) is 15. The molecular formula is C74H144O17P2. The van der Waals surface area contributed by atoms with Crippen molar-refractivity contribution in [3.8, 4) is 0 Å². The predicted molar refractivity (Wildman–Crippen MR) is 377 cm³/mol. The Hall–Kier alpha value is -1.94. The number of unbranched alkanes of at least 4 members (excludes halogenated alkanes) is 45. The molecule has 0 radical (unpaired) electrons. The molecule has 93 heavy (non-hydrogen) atoms. The third-order valence-electron chi connectivity index (χ3n) is 17.6. The van der Waals surface area contributed by atoms with E-state index in [0.29, 0.717) is 25.7 Å². The van der Waals surface area contributed by atoms with Crippen LogP contribution in [-0.4, -0.2) is 96.7 Å². The third-order valence-corrected chi connectivity index (χ3v) is 19.5. The third kappa shape index (κ3) is 67.0. The second-order valence-corrected chi connectivity index (χ2v) is 29.8. The Kier molecular flexibility index (Phi) is 65.9. The number of ether oxygens (including phenoxy) is 4. The van der Waals surface area contributed by atoms with Gasteiger partial charge in [-0.15, -0.1) is 0 Å². The number of esters is 4. The molecule has 19 heteroatoms. The van der Waals surface area contributed by atoms with Gasteiger partial charge in [-0.1, -0.05) is 336 Å². The molecule has 0 spiro atoms. The number of carbonyl (C=O) groups excluding carboxylic acids is 4. The van der Waals surface area contributed by atoms with E-state index in [1.807, 2.05) is 0 Å². The van der Waals surface area contributed by atoms with Crippen LogP contribution in [0.3, 0.4) is 0 Å². The van der Waals surface area contributed by atoms with Crippen molar-refractivity contribution in [1.82, 2.24) is 0 Å². The summed E-state index contributed by atoms with van der Waals surface area (Å²) in [6.45, 7) is 7.27. The average molecular weight is 1370 g/mol. The molecule has 0 fully saturated rings. The maximum atomic E-state index is 13.1. The standard InChI is InChI=1S/C74H144O17P2/c1-6-10-13-16-19-21-23-25-27-28-29-30-32-34-40-45-50-55-60-74(79)91-70(64-85-72(77)58-53-48-43-38-36-35-37-42-46-51-56-67(5)9-4)66-89-93(82,83)87-62-68(75)61-86-92(80,81)88-65-69(63-84-71(76)57-52-47-41-18-15-12-8-3)90-73(78)59-54-49-44-39-33-31-26-24-22-20-17-14-11-7-2/h67-70,75H,6-66H2,1-5H3,(H,80,81)(H,82,83)/t67?,68-,69+,70+/m0/s1. The molecule has 0 aromatic carbocycles. The minimum atomic E-state index is -4.95. The van der Waals surface area contributed by atoms with E-state index in [9.17, 15) is 43.2 Å². The first-order valence-electron chi connectivity index (χ1n) is 38.7. The molecule has 0 saturated heterocycles. The summed E-state index contributed by atoms with van der Waals surface area (Å²) in [6, 6.07) is 0.